The lowest BCUT2D eigenvalue weighted by molar-refractivity contribution is -0.113. The first-order valence-corrected chi connectivity index (χ1v) is 12.6. The first-order valence-electron chi connectivity index (χ1n) is 12.2. The summed E-state index contributed by atoms with van der Waals surface area (Å²) in [5.41, 5.74) is 1.79. The highest BCUT2D eigenvalue weighted by Gasteiger charge is 2.37. The van der Waals surface area contributed by atoms with E-state index in [-0.39, 0.29) is 17.6 Å². The number of hydrogen-bond acceptors (Lipinski definition) is 4. The molecule has 6 nitrogen and oxygen atoms in total. The van der Waals surface area contributed by atoms with Gasteiger partial charge in [-0.05, 0) is 60.4 Å². The third kappa shape index (κ3) is 13.5. The van der Waals surface area contributed by atoms with Crippen molar-refractivity contribution in [2.24, 2.45) is 5.41 Å². The molecule has 206 valence electrons. The molecule has 2 amide bonds. The minimum atomic E-state index is -0.995. The van der Waals surface area contributed by atoms with E-state index >= 15 is 0 Å². The molecule has 0 radical (unpaired) electrons. The average Bonchev–Trinajstić information content (AvgIpc) is 2.75. The molecule has 1 aliphatic carbocycles. The van der Waals surface area contributed by atoms with E-state index in [4.69, 9.17) is 16.7 Å². The Morgan fingerprint density at radius 2 is 1.70 bits per heavy atom. The monoisotopic (exact) mass is 539 g/mol. The fraction of sp³-hybridized carbons (Fsp3) is 0.500. The molecule has 4 N–H and O–H groups in total. The van der Waals surface area contributed by atoms with Crippen LogP contribution >= 0.6 is 11.6 Å². The minimum Gasteiger partial charge on any atom is -0.390 e. The minimum absolute atomic E-state index is 0.196. The van der Waals surface area contributed by atoms with Crippen molar-refractivity contribution in [1.29, 1.82) is 0 Å². The summed E-state index contributed by atoms with van der Waals surface area (Å²) in [5.74, 6) is -1.74. The quantitative estimate of drug-likeness (QED) is 0.304. The summed E-state index contributed by atoms with van der Waals surface area (Å²) in [6, 6.07) is 9.83. The number of anilines is 1. The highest BCUT2D eigenvalue weighted by Crippen LogP contribution is 2.30. The SMILES string of the molecule is CC(C)(C)C.CC(CNCc1cc(F)c(F)cc1NC=O)c1cccc(Cl)c1.CC1(O)CC(NC=O)C1. The molecule has 2 aromatic carbocycles. The maximum absolute atomic E-state index is 13.4. The van der Waals surface area contributed by atoms with Crippen LogP contribution in [0.15, 0.2) is 36.4 Å². The molecular weight excluding hydrogens is 500 g/mol. The number of aliphatic hydroxyl groups is 1. The fourth-order valence-electron chi connectivity index (χ4n) is 3.50. The average molecular weight is 540 g/mol. The first-order chi connectivity index (χ1) is 17.1. The van der Waals surface area contributed by atoms with Gasteiger partial charge < -0.3 is 21.1 Å². The summed E-state index contributed by atoms with van der Waals surface area (Å²) in [6.45, 7) is 13.5. The lowest BCUT2D eigenvalue weighted by Gasteiger charge is -2.40. The van der Waals surface area contributed by atoms with E-state index in [1.165, 1.54) is 0 Å². The Kier molecular flexibility index (Phi) is 13.2. The fourth-order valence-corrected chi connectivity index (χ4v) is 3.70. The maximum Gasteiger partial charge on any atom is 0.211 e. The molecule has 37 heavy (non-hydrogen) atoms. The van der Waals surface area contributed by atoms with Gasteiger partial charge in [-0.1, -0.05) is 58.4 Å². The predicted octanol–water partition coefficient (Wildman–Crippen LogP) is 5.78. The molecule has 0 saturated heterocycles. The van der Waals surface area contributed by atoms with Gasteiger partial charge >= 0.3 is 0 Å². The van der Waals surface area contributed by atoms with E-state index in [0.29, 0.717) is 54.8 Å². The molecule has 1 aliphatic rings. The second-order valence-electron chi connectivity index (χ2n) is 11.2. The van der Waals surface area contributed by atoms with E-state index in [1.807, 2.05) is 31.2 Å². The molecule has 1 unspecified atom stereocenters. The van der Waals surface area contributed by atoms with Gasteiger partial charge in [-0.2, -0.15) is 0 Å². The zero-order valence-electron chi connectivity index (χ0n) is 22.5. The van der Waals surface area contributed by atoms with Gasteiger partial charge in [-0.25, -0.2) is 8.78 Å². The van der Waals surface area contributed by atoms with Gasteiger partial charge in [-0.3, -0.25) is 9.59 Å². The van der Waals surface area contributed by atoms with Gasteiger partial charge in [0.1, 0.15) is 0 Å². The number of carbonyl (C=O) groups is 2. The molecule has 9 heteroatoms. The van der Waals surface area contributed by atoms with Crippen LogP contribution in [0.5, 0.6) is 0 Å². The number of halogens is 3. The molecule has 2 aromatic rings. The normalized spacial score (nSPS) is 19.1. The van der Waals surface area contributed by atoms with Gasteiger partial charge in [0.15, 0.2) is 11.6 Å². The largest absolute Gasteiger partial charge is 0.390 e. The van der Waals surface area contributed by atoms with Crippen LogP contribution in [-0.4, -0.2) is 36.1 Å². The molecule has 1 saturated carbocycles. The van der Waals surface area contributed by atoms with Crippen molar-refractivity contribution in [2.75, 3.05) is 11.9 Å². The van der Waals surface area contributed by atoms with E-state index in [2.05, 4.69) is 43.6 Å². The first kappa shape index (κ1) is 32.5. The van der Waals surface area contributed by atoms with Gasteiger partial charge in [0, 0.05) is 35.9 Å². The van der Waals surface area contributed by atoms with E-state index in [0.717, 1.165) is 17.7 Å². The van der Waals surface area contributed by atoms with Crippen molar-refractivity contribution in [3.8, 4) is 0 Å². The van der Waals surface area contributed by atoms with Crippen molar-refractivity contribution >= 4 is 30.1 Å². The molecule has 0 aliphatic heterocycles. The maximum atomic E-state index is 13.4. The topological polar surface area (TPSA) is 90.5 Å². The summed E-state index contributed by atoms with van der Waals surface area (Å²) in [7, 11) is 0. The lowest BCUT2D eigenvalue weighted by Crippen LogP contribution is -2.51. The van der Waals surface area contributed by atoms with Crippen molar-refractivity contribution in [3.05, 3.63) is 64.2 Å². The smallest absolute Gasteiger partial charge is 0.211 e. The van der Waals surface area contributed by atoms with Crippen molar-refractivity contribution in [2.45, 2.75) is 78.5 Å². The molecule has 0 spiro atoms. The number of carbonyl (C=O) groups excluding carboxylic acids is 2. The molecule has 1 atom stereocenters. The molecule has 0 aromatic heterocycles. The highest BCUT2D eigenvalue weighted by atomic mass is 35.5. The van der Waals surface area contributed by atoms with E-state index in [9.17, 15) is 18.4 Å². The summed E-state index contributed by atoms with van der Waals surface area (Å²) in [4.78, 5) is 20.4. The number of nitrogens with one attached hydrogen (secondary N) is 3. The van der Waals surface area contributed by atoms with Gasteiger partial charge in [0.25, 0.3) is 0 Å². The molecule has 3 rings (SSSR count). The Balaban J connectivity index is 0.000000400. The Morgan fingerprint density at radius 3 is 2.22 bits per heavy atom. The number of rotatable bonds is 9. The van der Waals surface area contributed by atoms with Crippen LogP contribution in [0.2, 0.25) is 5.02 Å². The Hall–Kier alpha value is -2.55. The summed E-state index contributed by atoms with van der Waals surface area (Å²) in [6.07, 6.45) is 2.49. The summed E-state index contributed by atoms with van der Waals surface area (Å²) in [5, 5.41) is 18.0. The zero-order valence-corrected chi connectivity index (χ0v) is 23.3. The molecule has 0 bridgehead atoms. The van der Waals surface area contributed by atoms with Crippen molar-refractivity contribution in [1.82, 2.24) is 10.6 Å². The number of hydrogen-bond donors (Lipinski definition) is 4. The zero-order chi connectivity index (χ0) is 28.2. The third-order valence-electron chi connectivity index (χ3n) is 5.22. The second kappa shape index (κ2) is 15.0. The van der Waals surface area contributed by atoms with Crippen molar-refractivity contribution < 1.29 is 23.5 Å². The van der Waals surface area contributed by atoms with Crippen LogP contribution in [0.3, 0.4) is 0 Å². The Morgan fingerprint density at radius 1 is 1.11 bits per heavy atom. The molecular formula is C28H40ClF2N3O3. The lowest BCUT2D eigenvalue weighted by atomic mass is 9.77. The molecule has 0 heterocycles. The van der Waals surface area contributed by atoms with Crippen molar-refractivity contribution in [3.63, 3.8) is 0 Å². The Labute approximate surface area is 224 Å². The van der Waals surface area contributed by atoms with Gasteiger partial charge in [-0.15, -0.1) is 0 Å². The number of amides is 2. The standard InChI is InChI=1S/C17H17ClF2N2O.C6H11NO2.C5H12/c1-11(12-3-2-4-14(18)5-12)8-21-9-13-6-15(19)16(20)7-17(13)22-10-23;1-6(9)2-5(3-6)7-4-8;1-5(2,3)4/h2-7,10-11,21H,8-9H2,1H3,(H,22,23);4-5,9H,2-3H2,1H3,(H,7,8);1-4H3. The highest BCUT2D eigenvalue weighted by molar-refractivity contribution is 6.30. The Bertz CT molecular complexity index is 999. The predicted molar refractivity (Wildman–Crippen MR) is 146 cm³/mol. The third-order valence-corrected chi connectivity index (χ3v) is 5.46. The van der Waals surface area contributed by atoms with Gasteiger partial charge in [0.2, 0.25) is 12.8 Å². The van der Waals surface area contributed by atoms with Crippen LogP contribution in [0.4, 0.5) is 14.5 Å². The molecule has 1 fully saturated rings. The second-order valence-corrected chi connectivity index (χ2v) is 11.6. The van der Waals surface area contributed by atoms with Crippen LogP contribution in [0, 0.1) is 17.0 Å². The van der Waals surface area contributed by atoms with Crippen LogP contribution in [-0.2, 0) is 16.1 Å². The summed E-state index contributed by atoms with van der Waals surface area (Å²) < 4.78 is 26.6. The van der Waals surface area contributed by atoms with E-state index in [1.54, 1.807) is 6.92 Å². The van der Waals surface area contributed by atoms with Crippen LogP contribution in [0.25, 0.3) is 0 Å². The van der Waals surface area contributed by atoms with E-state index < -0.39 is 17.2 Å². The van der Waals surface area contributed by atoms with Gasteiger partial charge in [0.05, 0.1) is 5.60 Å². The number of benzene rings is 2. The van der Waals surface area contributed by atoms with Crippen LogP contribution < -0.4 is 16.0 Å². The summed E-state index contributed by atoms with van der Waals surface area (Å²) >= 11 is 5.97. The van der Waals surface area contributed by atoms with Crippen LogP contribution in [0.1, 0.15) is 71.4 Å².